The molecule has 0 aliphatic carbocycles. The number of piperidine rings is 1. The fourth-order valence-electron chi connectivity index (χ4n) is 2.21. The maximum absolute atomic E-state index is 12.0. The van der Waals surface area contributed by atoms with Gasteiger partial charge < -0.3 is 9.84 Å². The number of rotatable bonds is 7. The highest BCUT2D eigenvalue weighted by molar-refractivity contribution is 7.89. The minimum atomic E-state index is -3.14. The molecule has 1 atom stereocenters. The molecule has 17 heavy (non-hydrogen) atoms. The normalized spacial score (nSPS) is 22.8. The Kier molecular flexibility index (Phi) is 6.40. The Balaban J connectivity index is 2.46. The molecule has 5 nitrogen and oxygen atoms in total. The van der Waals surface area contributed by atoms with Crippen LogP contribution in [0.4, 0.5) is 0 Å². The molecule has 1 rings (SSSR count). The summed E-state index contributed by atoms with van der Waals surface area (Å²) >= 11 is 0. The van der Waals surface area contributed by atoms with Crippen molar-refractivity contribution in [2.24, 2.45) is 5.92 Å². The number of hydrogen-bond donors (Lipinski definition) is 1. The van der Waals surface area contributed by atoms with Gasteiger partial charge in [0.25, 0.3) is 0 Å². The fourth-order valence-corrected chi connectivity index (χ4v) is 3.80. The highest BCUT2D eigenvalue weighted by Gasteiger charge is 2.27. The third kappa shape index (κ3) is 4.91. The number of aliphatic hydroxyl groups is 1. The van der Waals surface area contributed by atoms with Crippen molar-refractivity contribution in [3.8, 4) is 0 Å². The van der Waals surface area contributed by atoms with Crippen LogP contribution >= 0.6 is 0 Å². The van der Waals surface area contributed by atoms with Crippen molar-refractivity contribution in [1.82, 2.24) is 4.31 Å². The average Bonchev–Trinajstić information content (AvgIpc) is 2.30. The highest BCUT2D eigenvalue weighted by atomic mass is 32.2. The lowest BCUT2D eigenvalue weighted by Gasteiger charge is -2.31. The maximum atomic E-state index is 12.0. The van der Waals surface area contributed by atoms with Crippen LogP contribution in [0.25, 0.3) is 0 Å². The molecule has 0 aromatic carbocycles. The van der Waals surface area contributed by atoms with E-state index in [2.05, 4.69) is 0 Å². The molecule has 0 aromatic heterocycles. The molecule has 1 aliphatic heterocycles. The lowest BCUT2D eigenvalue weighted by Crippen LogP contribution is -2.41. The number of methoxy groups -OCH3 is 1. The van der Waals surface area contributed by atoms with Gasteiger partial charge in [-0.1, -0.05) is 0 Å². The standard InChI is InChI=1S/C11H23NO4S/c1-16-8-3-9-17(14,15)12-6-2-4-11(10-12)5-7-13/h11,13H,2-10H2,1H3. The predicted octanol–water partition coefficient (Wildman–Crippen LogP) is 0.447. The first-order valence-corrected chi connectivity index (χ1v) is 7.78. The van der Waals surface area contributed by atoms with Gasteiger partial charge in [0.05, 0.1) is 5.75 Å². The van der Waals surface area contributed by atoms with Gasteiger partial charge >= 0.3 is 0 Å². The van der Waals surface area contributed by atoms with Gasteiger partial charge in [-0.15, -0.1) is 0 Å². The van der Waals surface area contributed by atoms with Crippen molar-refractivity contribution in [3.05, 3.63) is 0 Å². The first-order valence-electron chi connectivity index (χ1n) is 6.17. The topological polar surface area (TPSA) is 66.8 Å². The van der Waals surface area contributed by atoms with Crippen LogP contribution in [0, 0.1) is 5.92 Å². The zero-order valence-electron chi connectivity index (χ0n) is 10.5. The van der Waals surface area contributed by atoms with Gasteiger partial charge in [0, 0.05) is 33.4 Å². The van der Waals surface area contributed by atoms with E-state index in [0.29, 0.717) is 38.5 Å². The van der Waals surface area contributed by atoms with Crippen LogP contribution in [0.3, 0.4) is 0 Å². The van der Waals surface area contributed by atoms with Gasteiger partial charge in [0.2, 0.25) is 10.0 Å². The molecule has 0 aromatic rings. The van der Waals surface area contributed by atoms with E-state index < -0.39 is 10.0 Å². The average molecular weight is 265 g/mol. The molecule has 0 radical (unpaired) electrons. The largest absolute Gasteiger partial charge is 0.396 e. The van der Waals surface area contributed by atoms with Crippen LogP contribution in [-0.4, -0.2) is 57.0 Å². The summed E-state index contributed by atoms with van der Waals surface area (Å²) in [5.74, 6) is 0.470. The molecule has 1 saturated heterocycles. The van der Waals surface area contributed by atoms with Crippen molar-refractivity contribution in [2.75, 3.05) is 39.2 Å². The molecular weight excluding hydrogens is 242 g/mol. The van der Waals surface area contributed by atoms with Crippen molar-refractivity contribution in [1.29, 1.82) is 0 Å². The Morgan fingerprint density at radius 2 is 2.24 bits per heavy atom. The molecule has 0 bridgehead atoms. The summed E-state index contributed by atoms with van der Waals surface area (Å²) < 4.78 is 30.5. The monoisotopic (exact) mass is 265 g/mol. The minimum Gasteiger partial charge on any atom is -0.396 e. The van der Waals surface area contributed by atoms with Gasteiger partial charge in [0.1, 0.15) is 0 Å². The number of hydrogen-bond acceptors (Lipinski definition) is 4. The molecule has 1 fully saturated rings. The van der Waals surface area contributed by atoms with Crippen LogP contribution in [0.1, 0.15) is 25.7 Å². The van der Waals surface area contributed by atoms with Gasteiger partial charge in [0.15, 0.2) is 0 Å². The van der Waals surface area contributed by atoms with Crippen LogP contribution in [0.5, 0.6) is 0 Å². The number of nitrogens with zero attached hydrogens (tertiary/aromatic N) is 1. The van der Waals surface area contributed by atoms with Gasteiger partial charge in [-0.25, -0.2) is 12.7 Å². The van der Waals surface area contributed by atoms with Gasteiger partial charge in [-0.05, 0) is 31.6 Å². The van der Waals surface area contributed by atoms with Crippen molar-refractivity contribution in [2.45, 2.75) is 25.7 Å². The zero-order valence-corrected chi connectivity index (χ0v) is 11.3. The molecule has 0 amide bonds. The molecule has 1 unspecified atom stereocenters. The second kappa shape index (κ2) is 7.31. The lowest BCUT2D eigenvalue weighted by molar-refractivity contribution is 0.195. The van der Waals surface area contributed by atoms with E-state index in [9.17, 15) is 8.42 Å². The quantitative estimate of drug-likeness (QED) is 0.679. The van der Waals surface area contributed by atoms with Crippen LogP contribution in [0.2, 0.25) is 0 Å². The maximum Gasteiger partial charge on any atom is 0.214 e. The first kappa shape index (κ1) is 14.9. The van der Waals surface area contributed by atoms with E-state index >= 15 is 0 Å². The predicted molar refractivity (Wildman–Crippen MR) is 66.3 cm³/mol. The third-order valence-electron chi connectivity index (χ3n) is 3.16. The smallest absolute Gasteiger partial charge is 0.214 e. The molecule has 0 saturated carbocycles. The fraction of sp³-hybridized carbons (Fsp3) is 1.00. The van der Waals surface area contributed by atoms with Gasteiger partial charge in [-0.3, -0.25) is 0 Å². The summed E-state index contributed by atoms with van der Waals surface area (Å²) in [5.41, 5.74) is 0. The van der Waals surface area contributed by atoms with Crippen LogP contribution in [0.15, 0.2) is 0 Å². The molecule has 0 spiro atoms. The second-order valence-electron chi connectivity index (χ2n) is 4.54. The van der Waals surface area contributed by atoms with E-state index in [1.807, 2.05) is 0 Å². The Morgan fingerprint density at radius 3 is 2.88 bits per heavy atom. The summed E-state index contributed by atoms with van der Waals surface area (Å²) in [5, 5.41) is 8.90. The summed E-state index contributed by atoms with van der Waals surface area (Å²) in [6, 6.07) is 0. The Labute approximate surface area is 104 Å². The Bertz CT molecular complexity index is 303. The minimum absolute atomic E-state index is 0.141. The van der Waals surface area contributed by atoms with E-state index in [1.54, 1.807) is 11.4 Å². The van der Waals surface area contributed by atoms with Crippen LogP contribution in [-0.2, 0) is 14.8 Å². The van der Waals surface area contributed by atoms with Crippen molar-refractivity contribution >= 4 is 10.0 Å². The van der Waals surface area contributed by atoms with Gasteiger partial charge in [-0.2, -0.15) is 0 Å². The summed E-state index contributed by atoms with van der Waals surface area (Å²) in [7, 11) is -1.56. The SMILES string of the molecule is COCCCS(=O)(=O)N1CCCC(CCO)C1. The highest BCUT2D eigenvalue weighted by Crippen LogP contribution is 2.21. The van der Waals surface area contributed by atoms with Crippen molar-refractivity contribution < 1.29 is 18.3 Å². The number of ether oxygens (including phenoxy) is 1. The molecule has 1 N–H and O–H groups in total. The zero-order chi connectivity index (χ0) is 12.7. The lowest BCUT2D eigenvalue weighted by atomic mass is 9.97. The molecule has 6 heteroatoms. The van der Waals surface area contributed by atoms with E-state index in [4.69, 9.17) is 9.84 Å². The molecule has 1 heterocycles. The van der Waals surface area contributed by atoms with E-state index in [0.717, 1.165) is 12.8 Å². The summed E-state index contributed by atoms with van der Waals surface area (Å²) in [6.07, 6.45) is 3.16. The summed E-state index contributed by atoms with van der Waals surface area (Å²) in [6.45, 7) is 1.81. The number of aliphatic hydroxyl groups excluding tert-OH is 1. The molecular formula is C11H23NO4S. The van der Waals surface area contributed by atoms with E-state index in [1.165, 1.54) is 0 Å². The van der Waals surface area contributed by atoms with E-state index in [-0.39, 0.29) is 12.4 Å². The third-order valence-corrected chi connectivity index (χ3v) is 5.09. The summed E-state index contributed by atoms with van der Waals surface area (Å²) in [4.78, 5) is 0. The van der Waals surface area contributed by atoms with Crippen molar-refractivity contribution in [3.63, 3.8) is 0 Å². The first-order chi connectivity index (χ1) is 8.10. The second-order valence-corrected chi connectivity index (χ2v) is 6.63. The molecule has 102 valence electrons. The molecule has 1 aliphatic rings. The number of sulfonamides is 1. The Hall–Kier alpha value is -0.170. The Morgan fingerprint density at radius 1 is 1.47 bits per heavy atom. The van der Waals surface area contributed by atoms with Crippen LogP contribution < -0.4 is 0 Å².